The van der Waals surface area contributed by atoms with Crippen molar-refractivity contribution in [2.45, 2.75) is 20.1 Å². The summed E-state index contributed by atoms with van der Waals surface area (Å²) in [7, 11) is 0. The summed E-state index contributed by atoms with van der Waals surface area (Å²) in [6, 6.07) is 15.5. The number of ether oxygens (including phenoxy) is 3. The van der Waals surface area contributed by atoms with Gasteiger partial charge in [-0.15, -0.1) is 0 Å². The second-order valence-corrected chi connectivity index (χ2v) is 6.14. The van der Waals surface area contributed by atoms with Crippen LogP contribution >= 0.6 is 0 Å². The van der Waals surface area contributed by atoms with E-state index in [-0.39, 0.29) is 0 Å². The zero-order valence-corrected chi connectivity index (χ0v) is 15.8. The first-order valence-electron chi connectivity index (χ1n) is 9.27. The molecule has 4 aromatic rings. The fourth-order valence-electron chi connectivity index (χ4n) is 2.95. The van der Waals surface area contributed by atoms with E-state index >= 15 is 0 Å². The van der Waals surface area contributed by atoms with Crippen molar-refractivity contribution in [1.29, 1.82) is 0 Å². The largest absolute Gasteiger partial charge is 0.457 e. The molecule has 0 bridgehead atoms. The van der Waals surface area contributed by atoms with Gasteiger partial charge in [0.25, 0.3) is 0 Å². The number of rotatable bonds is 8. The number of H-pyrrole nitrogens is 2. The number of aromatic amines is 2. The Morgan fingerprint density at radius 1 is 0.929 bits per heavy atom. The Bertz CT molecular complexity index is 1020. The van der Waals surface area contributed by atoms with E-state index in [2.05, 4.69) is 20.2 Å². The van der Waals surface area contributed by atoms with E-state index in [1.165, 1.54) is 0 Å². The lowest BCUT2D eigenvalue weighted by Crippen LogP contribution is -2.10. The number of hydrogen-bond donors (Lipinski definition) is 2. The molecule has 0 spiro atoms. The van der Waals surface area contributed by atoms with Gasteiger partial charge in [-0.25, -0.2) is 4.98 Å². The average molecular weight is 378 g/mol. The average Bonchev–Trinajstić information content (AvgIpc) is 3.38. The monoisotopic (exact) mass is 378 g/mol. The predicted molar refractivity (Wildman–Crippen MR) is 106 cm³/mol. The van der Waals surface area contributed by atoms with Gasteiger partial charge in [0.05, 0.1) is 16.7 Å². The first-order valence-corrected chi connectivity index (χ1v) is 9.27. The number of nitrogens with one attached hydrogen (secondary N) is 2. The summed E-state index contributed by atoms with van der Waals surface area (Å²) in [4.78, 5) is 7.83. The maximum absolute atomic E-state index is 5.99. The van der Waals surface area contributed by atoms with Crippen LogP contribution in [-0.4, -0.2) is 33.4 Å². The highest BCUT2D eigenvalue weighted by molar-refractivity contribution is 5.77. The number of imidazole rings is 1. The molecule has 0 amide bonds. The van der Waals surface area contributed by atoms with E-state index in [1.807, 2.05) is 62.4 Å². The molecule has 0 saturated carbocycles. The first kappa shape index (κ1) is 18.2. The molecule has 0 saturated heterocycles. The molecule has 2 heterocycles. The molecule has 0 unspecified atom stereocenters. The van der Waals surface area contributed by atoms with Crippen LogP contribution in [0.15, 0.2) is 54.7 Å². The van der Waals surface area contributed by atoms with Crippen molar-refractivity contribution in [3.05, 3.63) is 60.6 Å². The summed E-state index contributed by atoms with van der Waals surface area (Å²) < 4.78 is 17.2. The van der Waals surface area contributed by atoms with E-state index in [0.29, 0.717) is 19.0 Å². The van der Waals surface area contributed by atoms with E-state index in [4.69, 9.17) is 14.2 Å². The van der Waals surface area contributed by atoms with Crippen LogP contribution in [0.5, 0.6) is 11.5 Å². The SMILES string of the molecule is CCOC(OCC)c1nc2ccc(Oc3ccc(-c4ccn[nH]4)cc3)cc2[nH]1. The lowest BCUT2D eigenvalue weighted by molar-refractivity contribution is -0.144. The third-order valence-electron chi connectivity index (χ3n) is 4.23. The van der Waals surface area contributed by atoms with Crippen molar-refractivity contribution in [2.75, 3.05) is 13.2 Å². The van der Waals surface area contributed by atoms with Gasteiger partial charge in [0, 0.05) is 25.5 Å². The predicted octanol–water partition coefficient (Wildman–Crippen LogP) is 4.82. The van der Waals surface area contributed by atoms with Gasteiger partial charge in [-0.3, -0.25) is 5.10 Å². The Hall–Kier alpha value is -3.16. The highest BCUT2D eigenvalue weighted by Crippen LogP contribution is 2.28. The summed E-state index contributed by atoms with van der Waals surface area (Å²) >= 11 is 0. The van der Waals surface area contributed by atoms with Gasteiger partial charge in [-0.05, 0) is 61.9 Å². The standard InChI is InChI=1S/C21H22N4O3/c1-3-26-21(27-4-2)20-23-18-10-9-16(13-19(18)24-20)28-15-7-5-14(6-8-15)17-11-12-22-25-17/h5-13,21H,3-4H2,1-2H3,(H,22,25)(H,23,24). The Labute approximate surface area is 162 Å². The highest BCUT2D eigenvalue weighted by atomic mass is 16.7. The zero-order chi connectivity index (χ0) is 19.3. The maximum Gasteiger partial charge on any atom is 0.217 e. The van der Waals surface area contributed by atoms with Crippen molar-refractivity contribution < 1.29 is 14.2 Å². The second kappa shape index (κ2) is 8.24. The Morgan fingerprint density at radius 2 is 1.68 bits per heavy atom. The molecule has 0 radical (unpaired) electrons. The smallest absolute Gasteiger partial charge is 0.217 e. The lowest BCUT2D eigenvalue weighted by Gasteiger charge is -2.13. The van der Waals surface area contributed by atoms with E-state index in [9.17, 15) is 0 Å². The molecule has 0 atom stereocenters. The van der Waals surface area contributed by atoms with Gasteiger partial charge in [0.15, 0.2) is 5.82 Å². The minimum atomic E-state index is -0.498. The first-order chi connectivity index (χ1) is 13.8. The van der Waals surface area contributed by atoms with Crippen molar-refractivity contribution >= 4 is 11.0 Å². The van der Waals surface area contributed by atoms with Gasteiger partial charge in [-0.1, -0.05) is 0 Å². The molecular weight excluding hydrogens is 356 g/mol. The molecule has 2 aromatic carbocycles. The van der Waals surface area contributed by atoms with Crippen LogP contribution in [-0.2, 0) is 9.47 Å². The van der Waals surface area contributed by atoms with E-state index < -0.39 is 6.29 Å². The minimum absolute atomic E-state index is 0.498. The van der Waals surface area contributed by atoms with Crippen LogP contribution < -0.4 is 4.74 Å². The molecular formula is C21H22N4O3. The van der Waals surface area contributed by atoms with Crippen molar-refractivity contribution in [3.63, 3.8) is 0 Å². The molecule has 2 N–H and O–H groups in total. The maximum atomic E-state index is 5.99. The number of benzene rings is 2. The number of aromatic nitrogens is 4. The molecule has 0 aliphatic rings. The molecule has 0 aliphatic heterocycles. The Morgan fingerprint density at radius 3 is 2.36 bits per heavy atom. The van der Waals surface area contributed by atoms with Gasteiger partial charge in [-0.2, -0.15) is 5.10 Å². The number of fused-ring (bicyclic) bond motifs is 1. The summed E-state index contributed by atoms with van der Waals surface area (Å²) in [6.45, 7) is 4.95. The number of nitrogens with zero attached hydrogens (tertiary/aromatic N) is 2. The quantitative estimate of drug-likeness (QED) is 0.430. The Balaban J connectivity index is 1.53. The highest BCUT2D eigenvalue weighted by Gasteiger charge is 2.16. The van der Waals surface area contributed by atoms with Crippen LogP contribution in [0, 0.1) is 0 Å². The van der Waals surface area contributed by atoms with Crippen LogP contribution in [0.1, 0.15) is 26.0 Å². The van der Waals surface area contributed by atoms with Crippen LogP contribution in [0.25, 0.3) is 22.3 Å². The van der Waals surface area contributed by atoms with Crippen molar-refractivity contribution in [1.82, 2.24) is 20.2 Å². The summed E-state index contributed by atoms with van der Waals surface area (Å²) in [6.07, 6.45) is 1.23. The Kier molecular flexibility index (Phi) is 5.36. The third kappa shape index (κ3) is 3.90. The summed E-state index contributed by atoms with van der Waals surface area (Å²) in [5.41, 5.74) is 3.72. The van der Waals surface area contributed by atoms with Crippen molar-refractivity contribution in [3.8, 4) is 22.8 Å². The third-order valence-corrected chi connectivity index (χ3v) is 4.23. The second-order valence-electron chi connectivity index (χ2n) is 6.14. The number of hydrogen-bond acceptors (Lipinski definition) is 5. The molecule has 28 heavy (non-hydrogen) atoms. The van der Waals surface area contributed by atoms with Crippen LogP contribution in [0.4, 0.5) is 0 Å². The fraction of sp³-hybridized carbons (Fsp3) is 0.238. The van der Waals surface area contributed by atoms with Crippen LogP contribution in [0.2, 0.25) is 0 Å². The molecule has 0 aliphatic carbocycles. The van der Waals surface area contributed by atoms with Gasteiger partial charge >= 0.3 is 0 Å². The van der Waals surface area contributed by atoms with Crippen LogP contribution in [0.3, 0.4) is 0 Å². The topological polar surface area (TPSA) is 85.0 Å². The van der Waals surface area contributed by atoms with Gasteiger partial charge in [0.2, 0.25) is 6.29 Å². The zero-order valence-electron chi connectivity index (χ0n) is 15.8. The summed E-state index contributed by atoms with van der Waals surface area (Å²) in [5.74, 6) is 2.13. The molecule has 144 valence electrons. The molecule has 7 nitrogen and oxygen atoms in total. The fourth-order valence-corrected chi connectivity index (χ4v) is 2.95. The molecule has 0 fully saturated rings. The summed E-state index contributed by atoms with van der Waals surface area (Å²) in [5, 5.41) is 6.92. The lowest BCUT2D eigenvalue weighted by atomic mass is 10.1. The van der Waals surface area contributed by atoms with Gasteiger partial charge in [0.1, 0.15) is 11.5 Å². The van der Waals surface area contributed by atoms with E-state index in [0.717, 1.165) is 33.8 Å². The van der Waals surface area contributed by atoms with Gasteiger partial charge < -0.3 is 19.2 Å². The minimum Gasteiger partial charge on any atom is -0.457 e. The molecule has 7 heteroatoms. The molecule has 4 rings (SSSR count). The van der Waals surface area contributed by atoms with Crippen molar-refractivity contribution in [2.24, 2.45) is 0 Å². The molecule has 2 aromatic heterocycles. The van der Waals surface area contributed by atoms with E-state index in [1.54, 1.807) is 6.20 Å². The normalized spacial score (nSPS) is 11.4.